The van der Waals surface area contributed by atoms with Crippen LogP contribution in [0, 0.1) is 6.92 Å². The van der Waals surface area contributed by atoms with Crippen molar-refractivity contribution >= 4 is 5.78 Å². The maximum absolute atomic E-state index is 11.7. The Balaban J connectivity index is 2.33. The number of hydrogen-bond donors (Lipinski definition) is 1. The largest absolute Gasteiger partial charge is 0.463 e. The molecule has 0 atom stereocenters. The Morgan fingerprint density at radius 3 is 3.12 bits per heavy atom. The molecule has 0 spiro atoms. The summed E-state index contributed by atoms with van der Waals surface area (Å²) in [6.45, 7) is 1.73. The Labute approximate surface area is 89.6 Å². The number of H-pyrrole nitrogens is 1. The van der Waals surface area contributed by atoms with Crippen LogP contribution in [0.5, 0.6) is 0 Å². The van der Waals surface area contributed by atoms with E-state index in [0.717, 1.165) is 0 Å². The maximum Gasteiger partial charge on any atom is 0.276 e. The molecule has 6 nitrogen and oxygen atoms in total. The van der Waals surface area contributed by atoms with Gasteiger partial charge in [0.15, 0.2) is 0 Å². The number of aromatic nitrogens is 4. The lowest BCUT2D eigenvalue weighted by atomic mass is 10.3. The highest BCUT2D eigenvalue weighted by Gasteiger charge is 2.08. The first-order valence-electron chi connectivity index (χ1n) is 4.74. The van der Waals surface area contributed by atoms with Gasteiger partial charge in [-0.15, -0.1) is 5.10 Å². The molecule has 3 aromatic heterocycles. The molecule has 0 fully saturated rings. The van der Waals surface area contributed by atoms with Crippen molar-refractivity contribution in [1.82, 2.24) is 19.6 Å². The molecule has 0 aliphatic rings. The second-order valence-electron chi connectivity index (χ2n) is 3.39. The average molecular weight is 216 g/mol. The molecule has 6 heteroatoms. The zero-order valence-corrected chi connectivity index (χ0v) is 8.47. The minimum atomic E-state index is -0.235. The van der Waals surface area contributed by atoms with Crippen molar-refractivity contribution in [2.45, 2.75) is 6.92 Å². The van der Waals surface area contributed by atoms with Crippen LogP contribution in [0.15, 0.2) is 33.7 Å². The third-order valence-corrected chi connectivity index (χ3v) is 2.22. The lowest BCUT2D eigenvalue weighted by molar-refractivity contribution is 0.579. The number of aryl methyl sites for hydroxylation is 1. The van der Waals surface area contributed by atoms with Gasteiger partial charge in [-0.1, -0.05) is 0 Å². The lowest BCUT2D eigenvalue weighted by Gasteiger charge is -1.96. The molecule has 0 saturated heterocycles. The van der Waals surface area contributed by atoms with Gasteiger partial charge in [-0.25, -0.2) is 0 Å². The normalized spacial score (nSPS) is 11.1. The van der Waals surface area contributed by atoms with E-state index in [0.29, 0.717) is 23.1 Å². The SMILES string of the molecule is Cc1nc2[nH]c(-c3ccco3)cc(=O)n2n1. The molecule has 16 heavy (non-hydrogen) atoms. The van der Waals surface area contributed by atoms with Gasteiger partial charge in [-0.05, 0) is 19.1 Å². The van der Waals surface area contributed by atoms with E-state index in [1.807, 2.05) is 0 Å². The molecule has 3 heterocycles. The van der Waals surface area contributed by atoms with Crippen LogP contribution < -0.4 is 5.56 Å². The minimum Gasteiger partial charge on any atom is -0.463 e. The van der Waals surface area contributed by atoms with Crippen molar-refractivity contribution < 1.29 is 4.42 Å². The van der Waals surface area contributed by atoms with Crippen molar-refractivity contribution in [1.29, 1.82) is 0 Å². The summed E-state index contributed by atoms with van der Waals surface area (Å²) in [5, 5.41) is 3.97. The molecule has 0 amide bonds. The van der Waals surface area contributed by atoms with Crippen LogP contribution in [0.2, 0.25) is 0 Å². The summed E-state index contributed by atoms with van der Waals surface area (Å²) < 4.78 is 6.43. The molecule has 3 aromatic rings. The second-order valence-corrected chi connectivity index (χ2v) is 3.39. The van der Waals surface area contributed by atoms with Gasteiger partial charge in [0.2, 0.25) is 5.78 Å². The maximum atomic E-state index is 11.7. The van der Waals surface area contributed by atoms with Gasteiger partial charge in [0.1, 0.15) is 11.6 Å². The fourth-order valence-electron chi connectivity index (χ4n) is 1.56. The molecule has 80 valence electrons. The molecule has 0 saturated carbocycles. The van der Waals surface area contributed by atoms with Crippen LogP contribution in [-0.4, -0.2) is 19.6 Å². The summed E-state index contributed by atoms with van der Waals surface area (Å²) in [6.07, 6.45) is 1.55. The van der Waals surface area contributed by atoms with Crippen molar-refractivity contribution in [3.8, 4) is 11.5 Å². The van der Waals surface area contributed by atoms with Gasteiger partial charge >= 0.3 is 0 Å². The molecular weight excluding hydrogens is 208 g/mol. The summed E-state index contributed by atoms with van der Waals surface area (Å²) in [5.74, 6) is 1.56. The highest BCUT2D eigenvalue weighted by molar-refractivity contribution is 5.53. The van der Waals surface area contributed by atoms with E-state index in [1.165, 1.54) is 10.6 Å². The van der Waals surface area contributed by atoms with Gasteiger partial charge < -0.3 is 9.40 Å². The van der Waals surface area contributed by atoms with Crippen molar-refractivity contribution in [2.75, 3.05) is 0 Å². The molecule has 0 aliphatic carbocycles. The van der Waals surface area contributed by atoms with Crippen molar-refractivity contribution in [3.05, 3.63) is 40.6 Å². The van der Waals surface area contributed by atoms with Gasteiger partial charge in [0.05, 0.1) is 12.0 Å². The first-order valence-corrected chi connectivity index (χ1v) is 4.74. The summed E-state index contributed by atoms with van der Waals surface area (Å²) in [5.41, 5.74) is 0.357. The molecule has 0 radical (unpaired) electrons. The van der Waals surface area contributed by atoms with Crippen molar-refractivity contribution in [3.63, 3.8) is 0 Å². The minimum absolute atomic E-state index is 0.235. The zero-order valence-electron chi connectivity index (χ0n) is 8.47. The Hall–Kier alpha value is -2.37. The Kier molecular flexibility index (Phi) is 1.70. The lowest BCUT2D eigenvalue weighted by Crippen LogP contribution is -2.14. The molecular formula is C10H8N4O2. The summed E-state index contributed by atoms with van der Waals surface area (Å²) >= 11 is 0. The standard InChI is InChI=1S/C10H8N4O2/c1-6-11-10-12-7(8-3-2-4-16-8)5-9(15)14(10)13-6/h2-5H,1H3,(H,11,12,13). The zero-order chi connectivity index (χ0) is 11.1. The van der Waals surface area contributed by atoms with E-state index in [9.17, 15) is 4.79 Å². The molecule has 1 N–H and O–H groups in total. The van der Waals surface area contributed by atoms with Crippen LogP contribution in [0.25, 0.3) is 17.2 Å². The van der Waals surface area contributed by atoms with E-state index in [2.05, 4.69) is 15.1 Å². The van der Waals surface area contributed by atoms with Crippen LogP contribution in [0.4, 0.5) is 0 Å². The fourth-order valence-corrected chi connectivity index (χ4v) is 1.56. The van der Waals surface area contributed by atoms with Crippen LogP contribution in [0.1, 0.15) is 5.82 Å². The van der Waals surface area contributed by atoms with E-state index >= 15 is 0 Å². The van der Waals surface area contributed by atoms with E-state index in [1.54, 1.807) is 25.3 Å². The van der Waals surface area contributed by atoms with Crippen LogP contribution in [-0.2, 0) is 0 Å². The topological polar surface area (TPSA) is 76.2 Å². The average Bonchev–Trinajstić information content (AvgIpc) is 2.84. The van der Waals surface area contributed by atoms with Crippen LogP contribution >= 0.6 is 0 Å². The fraction of sp³-hybridized carbons (Fsp3) is 0.100. The summed E-state index contributed by atoms with van der Waals surface area (Å²) in [4.78, 5) is 18.8. The number of aromatic amines is 1. The molecule has 0 aromatic carbocycles. The van der Waals surface area contributed by atoms with Gasteiger partial charge in [-0.2, -0.15) is 9.50 Å². The molecule has 0 bridgehead atoms. The quantitative estimate of drug-likeness (QED) is 0.658. The summed E-state index contributed by atoms with van der Waals surface area (Å²) in [6, 6.07) is 4.96. The highest BCUT2D eigenvalue weighted by atomic mass is 16.3. The smallest absolute Gasteiger partial charge is 0.276 e. The summed E-state index contributed by atoms with van der Waals surface area (Å²) in [7, 11) is 0. The first kappa shape index (κ1) is 8.90. The number of rotatable bonds is 1. The van der Waals surface area contributed by atoms with E-state index < -0.39 is 0 Å². The van der Waals surface area contributed by atoms with E-state index in [-0.39, 0.29) is 5.56 Å². The number of nitrogens with one attached hydrogen (secondary N) is 1. The predicted molar refractivity (Wildman–Crippen MR) is 56.0 cm³/mol. The predicted octanol–water partition coefficient (Wildman–Crippen LogP) is 0.986. The molecule has 3 rings (SSSR count). The molecule has 0 unspecified atom stereocenters. The Morgan fingerprint density at radius 2 is 2.38 bits per heavy atom. The van der Waals surface area contributed by atoms with Crippen LogP contribution in [0.3, 0.4) is 0 Å². The highest BCUT2D eigenvalue weighted by Crippen LogP contribution is 2.15. The number of hydrogen-bond acceptors (Lipinski definition) is 4. The third-order valence-electron chi connectivity index (χ3n) is 2.22. The van der Waals surface area contributed by atoms with Gasteiger partial charge in [0.25, 0.3) is 5.56 Å². The molecule has 0 aliphatic heterocycles. The number of fused-ring (bicyclic) bond motifs is 1. The Morgan fingerprint density at radius 1 is 1.50 bits per heavy atom. The second kappa shape index (κ2) is 3.06. The van der Waals surface area contributed by atoms with Crippen molar-refractivity contribution in [2.24, 2.45) is 0 Å². The Bertz CT molecular complexity index is 693. The number of nitrogens with zero attached hydrogens (tertiary/aromatic N) is 3. The first-order chi connectivity index (χ1) is 7.74. The van der Waals surface area contributed by atoms with E-state index in [4.69, 9.17) is 4.42 Å². The monoisotopic (exact) mass is 216 g/mol. The third kappa shape index (κ3) is 1.23. The number of furan rings is 1. The van der Waals surface area contributed by atoms with Gasteiger partial charge in [0, 0.05) is 6.07 Å². The van der Waals surface area contributed by atoms with Gasteiger partial charge in [-0.3, -0.25) is 4.79 Å².